The topological polar surface area (TPSA) is 108 Å². The smallest absolute Gasteiger partial charge is 0.312 e. The van der Waals surface area contributed by atoms with E-state index in [9.17, 15) is 13.2 Å². The van der Waals surface area contributed by atoms with Gasteiger partial charge in [-0.05, 0) is 12.8 Å². The number of carboxylic acid groups (broad SMARTS) is 1. The normalized spacial score (nSPS) is 18.3. The fourth-order valence-electron chi connectivity index (χ4n) is 1.95. The number of aromatic nitrogens is 1. The van der Waals surface area contributed by atoms with E-state index in [-0.39, 0.29) is 6.54 Å². The first-order valence-corrected chi connectivity index (χ1v) is 8.48. The number of rotatable bonds is 6. The second-order valence-corrected chi connectivity index (χ2v) is 7.27. The second kappa shape index (κ2) is 5.43. The summed E-state index contributed by atoms with van der Waals surface area (Å²) < 4.78 is 24.1. The second-order valence-electron chi connectivity index (χ2n) is 4.35. The number of anilines is 1. The van der Waals surface area contributed by atoms with E-state index >= 15 is 0 Å². The largest absolute Gasteiger partial charge is 0.481 e. The van der Waals surface area contributed by atoms with Gasteiger partial charge in [-0.1, -0.05) is 0 Å². The van der Waals surface area contributed by atoms with Gasteiger partial charge in [0.25, 0.3) is 0 Å². The minimum Gasteiger partial charge on any atom is -0.481 e. The van der Waals surface area contributed by atoms with Crippen molar-refractivity contribution in [1.82, 2.24) is 9.71 Å². The Hall–Kier alpha value is -1.19. The van der Waals surface area contributed by atoms with Crippen molar-refractivity contribution in [2.75, 3.05) is 24.7 Å². The molecule has 0 radical (unpaired) electrons. The maximum atomic E-state index is 11.0. The fraction of sp³-hybridized carbons (Fsp3) is 0.600. The molecule has 1 atom stereocenters. The maximum absolute atomic E-state index is 11.0. The first-order valence-electron chi connectivity index (χ1n) is 5.78. The van der Waals surface area contributed by atoms with Crippen molar-refractivity contribution in [1.29, 1.82) is 0 Å². The minimum absolute atomic E-state index is 0.269. The molecule has 0 fully saturated rings. The first-order chi connectivity index (χ1) is 8.87. The molecule has 0 bridgehead atoms. The average molecular weight is 305 g/mol. The summed E-state index contributed by atoms with van der Waals surface area (Å²) >= 11 is 1.44. The van der Waals surface area contributed by atoms with Crippen LogP contribution in [0.1, 0.15) is 22.9 Å². The molecule has 19 heavy (non-hydrogen) atoms. The highest BCUT2D eigenvalue weighted by Crippen LogP contribution is 2.38. The van der Waals surface area contributed by atoms with Crippen LogP contribution in [0.5, 0.6) is 0 Å². The Morgan fingerprint density at radius 2 is 2.26 bits per heavy atom. The van der Waals surface area contributed by atoms with E-state index < -0.39 is 21.9 Å². The fourth-order valence-corrected chi connectivity index (χ4v) is 3.49. The molecule has 1 aliphatic carbocycles. The van der Waals surface area contributed by atoms with Crippen LogP contribution < -0.4 is 10.0 Å². The Kier molecular flexibility index (Phi) is 4.07. The van der Waals surface area contributed by atoms with Crippen molar-refractivity contribution in [2.24, 2.45) is 0 Å². The molecule has 1 aromatic heterocycles. The molecule has 1 heterocycles. The summed E-state index contributed by atoms with van der Waals surface area (Å²) in [5.41, 5.74) is 0.649. The number of aryl methyl sites for hydroxylation is 1. The number of fused-ring (bicyclic) bond motifs is 1. The zero-order chi connectivity index (χ0) is 14.0. The van der Waals surface area contributed by atoms with Crippen LogP contribution in [-0.4, -0.2) is 43.8 Å². The lowest BCUT2D eigenvalue weighted by Gasteiger charge is -2.04. The van der Waals surface area contributed by atoms with Crippen LogP contribution in [0, 0.1) is 0 Å². The Labute approximate surface area is 115 Å². The number of carbonyl (C=O) groups is 1. The van der Waals surface area contributed by atoms with Gasteiger partial charge in [0.15, 0.2) is 5.13 Å². The molecule has 0 aromatic carbocycles. The van der Waals surface area contributed by atoms with E-state index in [2.05, 4.69) is 15.0 Å². The molecule has 1 aliphatic rings. The summed E-state index contributed by atoms with van der Waals surface area (Å²) in [6, 6.07) is 0. The maximum Gasteiger partial charge on any atom is 0.312 e. The molecule has 0 saturated heterocycles. The zero-order valence-corrected chi connectivity index (χ0v) is 12.0. The molecule has 0 spiro atoms. The number of nitrogens with zero attached hydrogens (tertiary/aromatic N) is 1. The molecule has 2 rings (SSSR count). The number of carboxylic acids is 1. The first kappa shape index (κ1) is 14.2. The molecule has 9 heteroatoms. The van der Waals surface area contributed by atoms with Crippen LogP contribution in [0.3, 0.4) is 0 Å². The Bertz CT molecular complexity index is 582. The van der Waals surface area contributed by atoms with Gasteiger partial charge in [-0.25, -0.2) is 18.1 Å². The van der Waals surface area contributed by atoms with E-state index in [4.69, 9.17) is 5.11 Å². The molecule has 7 nitrogen and oxygen atoms in total. The third kappa shape index (κ3) is 3.64. The van der Waals surface area contributed by atoms with Gasteiger partial charge in [-0.15, -0.1) is 11.3 Å². The monoisotopic (exact) mass is 305 g/mol. The number of hydrogen-bond acceptors (Lipinski definition) is 6. The predicted molar refractivity (Wildman–Crippen MR) is 72.1 cm³/mol. The molecule has 0 saturated carbocycles. The zero-order valence-electron chi connectivity index (χ0n) is 10.3. The molecule has 0 aliphatic heterocycles. The van der Waals surface area contributed by atoms with Gasteiger partial charge in [0.05, 0.1) is 11.9 Å². The van der Waals surface area contributed by atoms with Crippen molar-refractivity contribution in [3.63, 3.8) is 0 Å². The van der Waals surface area contributed by atoms with Crippen molar-refractivity contribution in [3.05, 3.63) is 10.6 Å². The number of sulfonamides is 1. The molecular formula is C10H15N3O4S2. The molecule has 106 valence electrons. The minimum atomic E-state index is -3.18. The van der Waals surface area contributed by atoms with Gasteiger partial charge in [0.2, 0.25) is 10.0 Å². The van der Waals surface area contributed by atoms with Crippen LogP contribution in [0.2, 0.25) is 0 Å². The molecule has 3 N–H and O–H groups in total. The Morgan fingerprint density at radius 1 is 1.53 bits per heavy atom. The van der Waals surface area contributed by atoms with Gasteiger partial charge >= 0.3 is 5.97 Å². The van der Waals surface area contributed by atoms with Crippen LogP contribution in [0.4, 0.5) is 5.13 Å². The molecule has 1 unspecified atom stereocenters. The summed E-state index contributed by atoms with van der Waals surface area (Å²) in [4.78, 5) is 16.3. The van der Waals surface area contributed by atoms with Gasteiger partial charge in [-0.2, -0.15) is 0 Å². The lowest BCUT2D eigenvalue weighted by molar-refractivity contribution is -0.138. The third-order valence-electron chi connectivity index (χ3n) is 2.78. The van der Waals surface area contributed by atoms with E-state index in [0.29, 0.717) is 23.8 Å². The predicted octanol–water partition coefficient (Wildman–Crippen LogP) is 0.219. The third-order valence-corrected chi connectivity index (χ3v) is 4.60. The quantitative estimate of drug-likeness (QED) is 0.649. The Morgan fingerprint density at radius 3 is 2.89 bits per heavy atom. The van der Waals surface area contributed by atoms with Crippen molar-refractivity contribution in [3.8, 4) is 0 Å². The highest BCUT2D eigenvalue weighted by atomic mass is 32.2. The molecule has 1 aromatic rings. The summed E-state index contributed by atoms with van der Waals surface area (Å²) in [5, 5.41) is 12.7. The Balaban J connectivity index is 1.90. The number of thiazole rings is 1. The van der Waals surface area contributed by atoms with Gasteiger partial charge in [0.1, 0.15) is 5.92 Å². The summed E-state index contributed by atoms with van der Waals surface area (Å²) in [6.07, 6.45) is 2.45. The van der Waals surface area contributed by atoms with Crippen molar-refractivity contribution < 1.29 is 18.3 Å². The highest BCUT2D eigenvalue weighted by molar-refractivity contribution is 7.88. The number of nitrogens with one attached hydrogen (secondary N) is 2. The molecular weight excluding hydrogens is 290 g/mol. The van der Waals surface area contributed by atoms with Gasteiger partial charge < -0.3 is 10.4 Å². The van der Waals surface area contributed by atoms with E-state index in [1.165, 1.54) is 11.3 Å². The highest BCUT2D eigenvalue weighted by Gasteiger charge is 2.32. The summed E-state index contributed by atoms with van der Waals surface area (Å²) in [7, 11) is -3.18. The van der Waals surface area contributed by atoms with E-state index in [1.54, 1.807) is 0 Å². The number of hydrogen-bond donors (Lipinski definition) is 3. The van der Waals surface area contributed by atoms with Crippen molar-refractivity contribution in [2.45, 2.75) is 18.8 Å². The van der Waals surface area contributed by atoms with E-state index in [1.807, 2.05) is 0 Å². The standard InChI is InChI=1S/C10H15N3O4S2/c1-19(16,17)12-5-4-11-10-13-8-6(9(14)15)2-3-7(8)18-10/h6,12H,2-5H2,1H3,(H,11,13)(H,14,15). The lowest BCUT2D eigenvalue weighted by atomic mass is 10.1. The number of aliphatic carboxylic acids is 1. The van der Waals surface area contributed by atoms with Gasteiger partial charge in [0, 0.05) is 18.0 Å². The average Bonchev–Trinajstić information content (AvgIpc) is 2.81. The summed E-state index contributed by atoms with van der Waals surface area (Å²) in [6.45, 7) is 0.683. The lowest BCUT2D eigenvalue weighted by Crippen LogP contribution is -2.27. The SMILES string of the molecule is CS(=O)(=O)NCCNc1nc2c(s1)CCC2C(=O)O. The van der Waals surface area contributed by atoms with Crippen molar-refractivity contribution >= 4 is 32.5 Å². The van der Waals surface area contributed by atoms with Crippen LogP contribution in [0.25, 0.3) is 0 Å². The molecule has 0 amide bonds. The van der Waals surface area contributed by atoms with Crippen LogP contribution in [-0.2, 0) is 21.2 Å². The van der Waals surface area contributed by atoms with Gasteiger partial charge in [-0.3, -0.25) is 4.79 Å². The van der Waals surface area contributed by atoms with Crippen LogP contribution >= 0.6 is 11.3 Å². The van der Waals surface area contributed by atoms with E-state index in [0.717, 1.165) is 17.6 Å². The summed E-state index contributed by atoms with van der Waals surface area (Å²) in [5.74, 6) is -1.34. The van der Waals surface area contributed by atoms with Crippen LogP contribution in [0.15, 0.2) is 0 Å².